The van der Waals surface area contributed by atoms with Crippen molar-refractivity contribution < 1.29 is 0 Å². The zero-order chi connectivity index (χ0) is 15.8. The van der Waals surface area contributed by atoms with E-state index in [-0.39, 0.29) is 0 Å². The minimum atomic E-state index is 0.459. The van der Waals surface area contributed by atoms with Crippen LogP contribution in [-0.2, 0) is 0 Å². The van der Waals surface area contributed by atoms with Gasteiger partial charge in [-0.1, -0.05) is 93.9 Å². The summed E-state index contributed by atoms with van der Waals surface area (Å²) in [5.74, 6) is 1.75. The summed E-state index contributed by atoms with van der Waals surface area (Å²) < 4.78 is 0. The topological polar surface area (TPSA) is 0 Å². The van der Waals surface area contributed by atoms with Crippen LogP contribution in [0.3, 0.4) is 0 Å². The highest BCUT2D eigenvalue weighted by Crippen LogP contribution is 2.41. The zero-order valence-electron chi connectivity index (χ0n) is 15.8. The van der Waals surface area contributed by atoms with E-state index in [0.717, 1.165) is 11.8 Å². The molecule has 0 aromatic rings. The molecule has 0 bridgehead atoms. The Kier molecular flexibility index (Phi) is 9.11. The molecule has 0 radical (unpaired) electrons. The number of hydrogen-bond donors (Lipinski definition) is 0. The summed E-state index contributed by atoms with van der Waals surface area (Å²) in [5, 5.41) is 0. The molecule has 0 spiro atoms. The van der Waals surface area contributed by atoms with Gasteiger partial charge in [0.1, 0.15) is 0 Å². The fraction of sp³-hybridized carbons (Fsp3) is 1.00. The van der Waals surface area contributed by atoms with Crippen molar-refractivity contribution in [3.05, 3.63) is 0 Å². The fourth-order valence-electron chi connectivity index (χ4n) is 3.37. The van der Waals surface area contributed by atoms with E-state index in [4.69, 9.17) is 0 Å². The molecule has 20 heavy (non-hydrogen) atoms. The lowest BCUT2D eigenvalue weighted by Crippen LogP contribution is -2.28. The standard InChI is InChI=1S/C20H42/c1-9-11-12-13-14-15-18(20(6,7)8)16-17(10-2)19(3,4)5/h17-18H,9-16H2,1-8H3. The second-order valence-electron chi connectivity index (χ2n) is 8.97. The van der Waals surface area contributed by atoms with Crippen LogP contribution >= 0.6 is 0 Å². The maximum absolute atomic E-state index is 2.44. The first-order valence-corrected chi connectivity index (χ1v) is 9.12. The molecule has 0 heterocycles. The molecule has 0 saturated carbocycles. The normalized spacial score (nSPS) is 16.2. The highest BCUT2D eigenvalue weighted by molar-refractivity contribution is 4.81. The van der Waals surface area contributed by atoms with Crippen LogP contribution in [0.1, 0.15) is 107 Å². The summed E-state index contributed by atoms with van der Waals surface area (Å²) in [6.45, 7) is 19.3. The molecular formula is C20H42. The minimum absolute atomic E-state index is 0.459. The van der Waals surface area contributed by atoms with E-state index in [1.807, 2.05) is 0 Å². The van der Waals surface area contributed by atoms with Crippen LogP contribution in [0.4, 0.5) is 0 Å². The van der Waals surface area contributed by atoms with Crippen molar-refractivity contribution in [2.75, 3.05) is 0 Å². The van der Waals surface area contributed by atoms with Gasteiger partial charge in [-0.05, 0) is 35.5 Å². The van der Waals surface area contributed by atoms with E-state index < -0.39 is 0 Å². The second kappa shape index (κ2) is 9.11. The Hall–Kier alpha value is 0. The molecule has 2 unspecified atom stereocenters. The van der Waals surface area contributed by atoms with Gasteiger partial charge in [0, 0.05) is 0 Å². The second-order valence-corrected chi connectivity index (χ2v) is 8.97. The zero-order valence-corrected chi connectivity index (χ0v) is 15.8. The molecule has 0 heteroatoms. The van der Waals surface area contributed by atoms with Crippen LogP contribution < -0.4 is 0 Å². The predicted octanol–water partition coefficient (Wildman–Crippen LogP) is 7.47. The molecule has 0 aromatic carbocycles. The molecule has 0 fully saturated rings. The van der Waals surface area contributed by atoms with Gasteiger partial charge in [0.2, 0.25) is 0 Å². The Morgan fingerprint density at radius 3 is 1.55 bits per heavy atom. The number of hydrogen-bond acceptors (Lipinski definition) is 0. The van der Waals surface area contributed by atoms with Gasteiger partial charge < -0.3 is 0 Å². The summed E-state index contributed by atoms with van der Waals surface area (Å²) in [6.07, 6.45) is 11.2. The smallest absolute Gasteiger partial charge is 0.0354 e. The fourth-order valence-corrected chi connectivity index (χ4v) is 3.37. The van der Waals surface area contributed by atoms with Crippen LogP contribution in [-0.4, -0.2) is 0 Å². The average Bonchev–Trinajstić information content (AvgIpc) is 2.29. The van der Waals surface area contributed by atoms with Crippen molar-refractivity contribution in [2.45, 2.75) is 107 Å². The molecule has 0 rings (SSSR count). The summed E-state index contributed by atoms with van der Waals surface area (Å²) in [6, 6.07) is 0. The van der Waals surface area contributed by atoms with E-state index in [1.54, 1.807) is 0 Å². The van der Waals surface area contributed by atoms with E-state index in [0.29, 0.717) is 10.8 Å². The third kappa shape index (κ3) is 8.32. The summed E-state index contributed by atoms with van der Waals surface area (Å²) in [7, 11) is 0. The Morgan fingerprint density at radius 1 is 0.650 bits per heavy atom. The molecule has 0 N–H and O–H groups in total. The van der Waals surface area contributed by atoms with E-state index >= 15 is 0 Å². The molecule has 122 valence electrons. The third-order valence-electron chi connectivity index (χ3n) is 5.17. The van der Waals surface area contributed by atoms with E-state index in [9.17, 15) is 0 Å². The molecule has 0 saturated heterocycles. The largest absolute Gasteiger partial charge is 0.0654 e. The van der Waals surface area contributed by atoms with Gasteiger partial charge in [0.25, 0.3) is 0 Å². The lowest BCUT2D eigenvalue weighted by molar-refractivity contribution is 0.121. The van der Waals surface area contributed by atoms with Gasteiger partial charge in [-0.2, -0.15) is 0 Å². The van der Waals surface area contributed by atoms with Gasteiger partial charge in [0.15, 0.2) is 0 Å². The molecule has 0 amide bonds. The molecule has 0 nitrogen and oxygen atoms in total. The maximum atomic E-state index is 2.44. The van der Waals surface area contributed by atoms with Gasteiger partial charge in [-0.3, -0.25) is 0 Å². The summed E-state index contributed by atoms with van der Waals surface area (Å²) in [5.41, 5.74) is 0.921. The van der Waals surface area contributed by atoms with Crippen molar-refractivity contribution in [1.29, 1.82) is 0 Å². The first-order chi connectivity index (χ1) is 9.12. The van der Waals surface area contributed by atoms with Crippen molar-refractivity contribution in [2.24, 2.45) is 22.7 Å². The highest BCUT2D eigenvalue weighted by Gasteiger charge is 2.31. The molecule has 0 aromatic heterocycles. The molecule has 0 aliphatic rings. The van der Waals surface area contributed by atoms with Crippen molar-refractivity contribution in [3.8, 4) is 0 Å². The van der Waals surface area contributed by atoms with E-state index in [2.05, 4.69) is 55.4 Å². The highest BCUT2D eigenvalue weighted by atomic mass is 14.4. The quantitative estimate of drug-likeness (QED) is 0.385. The first kappa shape index (κ1) is 20.0. The Morgan fingerprint density at radius 2 is 1.15 bits per heavy atom. The lowest BCUT2D eigenvalue weighted by Gasteiger charge is -2.38. The van der Waals surface area contributed by atoms with Gasteiger partial charge in [-0.25, -0.2) is 0 Å². The first-order valence-electron chi connectivity index (χ1n) is 9.12. The molecular weight excluding hydrogens is 240 g/mol. The minimum Gasteiger partial charge on any atom is -0.0654 e. The summed E-state index contributed by atoms with van der Waals surface area (Å²) >= 11 is 0. The summed E-state index contributed by atoms with van der Waals surface area (Å²) in [4.78, 5) is 0. The Balaban J connectivity index is 4.43. The van der Waals surface area contributed by atoms with Crippen LogP contribution in [0.5, 0.6) is 0 Å². The number of unbranched alkanes of at least 4 members (excludes halogenated alkanes) is 4. The monoisotopic (exact) mass is 282 g/mol. The lowest BCUT2D eigenvalue weighted by atomic mass is 9.67. The van der Waals surface area contributed by atoms with Crippen molar-refractivity contribution >= 4 is 0 Å². The molecule has 0 aliphatic carbocycles. The molecule has 2 atom stereocenters. The van der Waals surface area contributed by atoms with Gasteiger partial charge in [-0.15, -0.1) is 0 Å². The average molecular weight is 283 g/mol. The predicted molar refractivity (Wildman–Crippen MR) is 94.2 cm³/mol. The number of rotatable bonds is 9. The van der Waals surface area contributed by atoms with Crippen molar-refractivity contribution in [3.63, 3.8) is 0 Å². The van der Waals surface area contributed by atoms with Gasteiger partial charge in [0.05, 0.1) is 0 Å². The van der Waals surface area contributed by atoms with Crippen LogP contribution in [0.25, 0.3) is 0 Å². The van der Waals surface area contributed by atoms with Crippen LogP contribution in [0.2, 0.25) is 0 Å². The van der Waals surface area contributed by atoms with Crippen molar-refractivity contribution in [1.82, 2.24) is 0 Å². The van der Waals surface area contributed by atoms with Crippen LogP contribution in [0, 0.1) is 22.7 Å². The Labute approximate surface area is 130 Å². The SMILES string of the molecule is CCCCCCCC(CC(CC)C(C)(C)C)C(C)(C)C. The Bertz CT molecular complexity index is 225. The third-order valence-corrected chi connectivity index (χ3v) is 5.17. The van der Waals surface area contributed by atoms with Crippen LogP contribution in [0.15, 0.2) is 0 Å². The molecule has 0 aliphatic heterocycles. The maximum Gasteiger partial charge on any atom is -0.0354 e. The van der Waals surface area contributed by atoms with Gasteiger partial charge >= 0.3 is 0 Å². The van der Waals surface area contributed by atoms with E-state index in [1.165, 1.54) is 51.4 Å².